The fourth-order valence-electron chi connectivity index (χ4n) is 4.30. The number of hydrogen-bond acceptors (Lipinski definition) is 8. The fraction of sp³-hybridized carbons (Fsp3) is 0.409. The fourth-order valence-corrected chi connectivity index (χ4v) is 4.30. The van der Waals surface area contributed by atoms with Crippen molar-refractivity contribution in [2.75, 3.05) is 18.4 Å². The molecule has 1 aromatic carbocycles. The van der Waals surface area contributed by atoms with Crippen LogP contribution in [0.2, 0.25) is 0 Å². The van der Waals surface area contributed by atoms with Crippen molar-refractivity contribution in [1.29, 1.82) is 0 Å². The van der Waals surface area contributed by atoms with Gasteiger partial charge in [0.15, 0.2) is 0 Å². The van der Waals surface area contributed by atoms with E-state index in [1.165, 1.54) is 0 Å². The molecule has 2 atom stereocenters. The van der Waals surface area contributed by atoms with Crippen LogP contribution in [0.1, 0.15) is 40.7 Å². The van der Waals surface area contributed by atoms with Gasteiger partial charge in [0.25, 0.3) is 5.91 Å². The van der Waals surface area contributed by atoms with Crippen molar-refractivity contribution in [3.05, 3.63) is 47.2 Å². The lowest BCUT2D eigenvalue weighted by molar-refractivity contribution is -0.136. The summed E-state index contributed by atoms with van der Waals surface area (Å²) in [5.74, 6) is -0.211. The first kappa shape index (κ1) is 20.4. The number of piperidine rings is 1. The van der Waals surface area contributed by atoms with Crippen molar-refractivity contribution < 1.29 is 19.1 Å². The van der Waals surface area contributed by atoms with E-state index in [1.807, 2.05) is 12.1 Å². The van der Waals surface area contributed by atoms with Gasteiger partial charge in [-0.15, -0.1) is 0 Å². The van der Waals surface area contributed by atoms with Crippen LogP contribution in [-0.4, -0.2) is 57.8 Å². The van der Waals surface area contributed by atoms with E-state index >= 15 is 0 Å². The highest BCUT2D eigenvalue weighted by atomic mass is 16.5. The summed E-state index contributed by atoms with van der Waals surface area (Å²) in [6.07, 6.45) is 3.28. The molecule has 0 radical (unpaired) electrons. The molecule has 4 heterocycles. The highest BCUT2D eigenvalue weighted by Gasteiger charge is 2.39. The molecule has 2 saturated heterocycles. The van der Waals surface area contributed by atoms with Gasteiger partial charge in [-0.1, -0.05) is 12.1 Å². The van der Waals surface area contributed by atoms with Crippen molar-refractivity contribution in [1.82, 2.24) is 25.5 Å². The molecular weight excluding hydrogens is 412 g/mol. The lowest BCUT2D eigenvalue weighted by Gasteiger charge is -2.29. The molecule has 0 saturated carbocycles. The summed E-state index contributed by atoms with van der Waals surface area (Å²) in [6, 6.07) is 7.17. The molecule has 3 aliphatic heterocycles. The van der Waals surface area contributed by atoms with E-state index in [-0.39, 0.29) is 24.3 Å². The largest absolute Gasteiger partial charge is 0.459 e. The van der Waals surface area contributed by atoms with Crippen LogP contribution >= 0.6 is 0 Å². The minimum absolute atomic E-state index is 0.0896. The number of amides is 3. The molecule has 32 heavy (non-hydrogen) atoms. The van der Waals surface area contributed by atoms with E-state index in [9.17, 15) is 14.4 Å². The van der Waals surface area contributed by atoms with Gasteiger partial charge in [-0.05, 0) is 42.6 Å². The summed E-state index contributed by atoms with van der Waals surface area (Å²) in [5, 5.41) is 8.84. The summed E-state index contributed by atoms with van der Waals surface area (Å²) in [4.78, 5) is 46.6. The van der Waals surface area contributed by atoms with E-state index in [1.54, 1.807) is 23.2 Å². The minimum atomic E-state index is -0.608. The number of anilines is 1. The molecule has 3 N–H and O–H groups in total. The number of imide groups is 1. The number of carbonyl (C=O) groups is 3. The Morgan fingerprint density at radius 1 is 1.19 bits per heavy atom. The Labute approximate surface area is 184 Å². The van der Waals surface area contributed by atoms with Crippen molar-refractivity contribution >= 4 is 23.5 Å². The molecule has 0 bridgehead atoms. The number of fused-ring (bicyclic) bond motifs is 1. The molecule has 1 aromatic heterocycles. The van der Waals surface area contributed by atoms with Crippen LogP contribution in [0, 0.1) is 0 Å². The van der Waals surface area contributed by atoms with Crippen LogP contribution in [0.5, 0.6) is 6.01 Å². The van der Waals surface area contributed by atoms with Crippen molar-refractivity contribution in [2.24, 2.45) is 0 Å². The normalized spacial score (nSPS) is 22.6. The SMILES string of the molecule is O=C1CCC(N2Cc3cc(CNc4ccnc(OC5CCNC5)n4)ccc3C2=O)C(=O)N1. The number of ether oxygens (including phenoxy) is 1. The lowest BCUT2D eigenvalue weighted by atomic mass is 10.0. The quantitative estimate of drug-likeness (QED) is 0.562. The summed E-state index contributed by atoms with van der Waals surface area (Å²) in [5.41, 5.74) is 2.46. The lowest BCUT2D eigenvalue weighted by Crippen LogP contribution is -2.52. The maximum atomic E-state index is 12.8. The Bertz CT molecular complexity index is 1070. The molecule has 2 fully saturated rings. The highest BCUT2D eigenvalue weighted by Crippen LogP contribution is 2.28. The monoisotopic (exact) mass is 436 g/mol. The zero-order valence-electron chi connectivity index (χ0n) is 17.5. The highest BCUT2D eigenvalue weighted by molar-refractivity contribution is 6.05. The number of nitrogens with one attached hydrogen (secondary N) is 3. The second kappa shape index (κ2) is 8.54. The standard InChI is InChI=1S/C22H24N6O4/c29-19-4-3-17(20(30)27-19)28-12-14-9-13(1-2-16(14)21(28)31)10-25-18-6-8-24-22(26-18)32-15-5-7-23-11-15/h1-2,6,8-9,15,17,23H,3-5,7,10-12H2,(H,24,25,26)(H,27,29,30). The molecule has 5 rings (SSSR count). The van der Waals surface area contributed by atoms with Gasteiger partial charge in [-0.2, -0.15) is 4.98 Å². The van der Waals surface area contributed by atoms with Gasteiger partial charge < -0.3 is 20.3 Å². The Hall–Kier alpha value is -3.53. The third kappa shape index (κ3) is 4.13. The zero-order chi connectivity index (χ0) is 22.1. The van der Waals surface area contributed by atoms with Crippen LogP contribution in [0.3, 0.4) is 0 Å². The number of rotatable bonds is 6. The molecule has 2 aromatic rings. The van der Waals surface area contributed by atoms with E-state index in [2.05, 4.69) is 25.9 Å². The first-order chi connectivity index (χ1) is 15.6. The van der Waals surface area contributed by atoms with Crippen molar-refractivity contribution in [3.63, 3.8) is 0 Å². The molecule has 0 spiro atoms. The first-order valence-corrected chi connectivity index (χ1v) is 10.8. The van der Waals surface area contributed by atoms with Crippen molar-refractivity contribution in [2.45, 2.75) is 44.5 Å². The maximum absolute atomic E-state index is 12.8. The van der Waals surface area contributed by atoms with Crippen LogP contribution in [0.4, 0.5) is 5.82 Å². The second-order valence-electron chi connectivity index (χ2n) is 8.20. The number of aromatic nitrogens is 2. The van der Waals surface area contributed by atoms with Gasteiger partial charge in [0.1, 0.15) is 18.0 Å². The minimum Gasteiger partial charge on any atom is -0.459 e. The van der Waals surface area contributed by atoms with Crippen LogP contribution in [0.15, 0.2) is 30.5 Å². The smallest absolute Gasteiger partial charge is 0.318 e. The van der Waals surface area contributed by atoms with E-state index < -0.39 is 11.9 Å². The summed E-state index contributed by atoms with van der Waals surface area (Å²) < 4.78 is 5.80. The number of hydrogen-bond donors (Lipinski definition) is 3. The average molecular weight is 436 g/mol. The molecule has 0 aliphatic carbocycles. The van der Waals surface area contributed by atoms with Gasteiger partial charge >= 0.3 is 6.01 Å². The topological polar surface area (TPSA) is 126 Å². The third-order valence-electron chi connectivity index (χ3n) is 5.98. The number of carbonyl (C=O) groups excluding carboxylic acids is 3. The van der Waals surface area contributed by atoms with E-state index in [4.69, 9.17) is 4.74 Å². The van der Waals surface area contributed by atoms with Gasteiger partial charge in [0, 0.05) is 37.8 Å². The predicted octanol–water partition coefficient (Wildman–Crippen LogP) is 0.590. The molecule has 2 unspecified atom stereocenters. The van der Waals surface area contributed by atoms with Crippen LogP contribution < -0.4 is 20.7 Å². The van der Waals surface area contributed by atoms with Gasteiger partial charge in [-0.25, -0.2) is 4.98 Å². The molecular formula is C22H24N6O4. The van der Waals surface area contributed by atoms with Gasteiger partial charge in [0.05, 0.1) is 0 Å². The number of benzene rings is 1. The van der Waals surface area contributed by atoms with Gasteiger partial charge in [0.2, 0.25) is 11.8 Å². The molecule has 3 amide bonds. The predicted molar refractivity (Wildman–Crippen MR) is 114 cm³/mol. The Morgan fingerprint density at radius 2 is 2.09 bits per heavy atom. The first-order valence-electron chi connectivity index (χ1n) is 10.8. The Balaban J connectivity index is 1.23. The van der Waals surface area contributed by atoms with Crippen molar-refractivity contribution in [3.8, 4) is 6.01 Å². The third-order valence-corrected chi connectivity index (χ3v) is 5.98. The van der Waals surface area contributed by atoms with Gasteiger partial charge in [-0.3, -0.25) is 19.7 Å². The number of nitrogens with zero attached hydrogens (tertiary/aromatic N) is 3. The molecule has 166 valence electrons. The molecule has 10 nitrogen and oxygen atoms in total. The zero-order valence-corrected chi connectivity index (χ0v) is 17.5. The Morgan fingerprint density at radius 3 is 2.91 bits per heavy atom. The Kier molecular flexibility index (Phi) is 5.44. The summed E-state index contributed by atoms with van der Waals surface area (Å²) in [6.45, 7) is 2.60. The summed E-state index contributed by atoms with van der Waals surface area (Å²) >= 11 is 0. The maximum Gasteiger partial charge on any atom is 0.318 e. The molecule has 10 heteroatoms. The average Bonchev–Trinajstić information content (AvgIpc) is 3.40. The second-order valence-corrected chi connectivity index (χ2v) is 8.20. The van der Waals surface area contributed by atoms with Crippen LogP contribution in [-0.2, 0) is 22.7 Å². The van der Waals surface area contributed by atoms with E-state index in [0.717, 1.165) is 30.6 Å². The van der Waals surface area contributed by atoms with E-state index in [0.29, 0.717) is 36.9 Å². The summed E-state index contributed by atoms with van der Waals surface area (Å²) in [7, 11) is 0. The molecule has 3 aliphatic rings. The van der Waals surface area contributed by atoms with Crippen LogP contribution in [0.25, 0.3) is 0 Å².